The zero-order valence-corrected chi connectivity index (χ0v) is 10.7. The lowest BCUT2D eigenvalue weighted by molar-refractivity contribution is -0.136. The van der Waals surface area contributed by atoms with E-state index in [1.165, 1.54) is 0 Å². The maximum Gasteiger partial charge on any atom is 0.319 e. The van der Waals surface area contributed by atoms with Crippen molar-refractivity contribution in [3.8, 4) is 0 Å². The smallest absolute Gasteiger partial charge is 0.319 e. The molecule has 0 radical (unpaired) electrons. The second-order valence-electron chi connectivity index (χ2n) is 4.24. The highest BCUT2D eigenvalue weighted by molar-refractivity contribution is 7.86. The molecule has 0 heterocycles. The first kappa shape index (κ1) is 14.6. The summed E-state index contributed by atoms with van der Waals surface area (Å²) in [5.74, 6) is 0.0818. The molecule has 4 heteroatoms. The SMILES string of the molecule is CCCCC(C(=O)O)S(=O)CCC(C)C. The molecule has 15 heavy (non-hydrogen) atoms. The normalized spacial score (nSPS) is 15.2. The van der Waals surface area contributed by atoms with Gasteiger partial charge in [0, 0.05) is 16.6 Å². The molecule has 3 nitrogen and oxygen atoms in total. The van der Waals surface area contributed by atoms with Crippen LogP contribution in [0.25, 0.3) is 0 Å². The first-order valence-electron chi connectivity index (χ1n) is 5.59. The molecule has 0 fully saturated rings. The molecule has 1 N–H and O–H groups in total. The molecule has 0 aromatic heterocycles. The van der Waals surface area contributed by atoms with Crippen LogP contribution in [-0.2, 0) is 15.6 Å². The van der Waals surface area contributed by atoms with Crippen molar-refractivity contribution in [3.63, 3.8) is 0 Å². The second-order valence-corrected chi connectivity index (χ2v) is 5.98. The molecule has 0 bridgehead atoms. The van der Waals surface area contributed by atoms with Crippen LogP contribution in [0.1, 0.15) is 46.5 Å². The second kappa shape index (κ2) is 7.85. The van der Waals surface area contributed by atoms with Crippen LogP contribution < -0.4 is 0 Å². The van der Waals surface area contributed by atoms with E-state index in [1.54, 1.807) is 0 Å². The van der Waals surface area contributed by atoms with E-state index in [-0.39, 0.29) is 0 Å². The molecule has 0 saturated heterocycles. The fourth-order valence-corrected chi connectivity index (χ4v) is 2.89. The van der Waals surface area contributed by atoms with Crippen LogP contribution in [0.4, 0.5) is 0 Å². The van der Waals surface area contributed by atoms with Gasteiger partial charge in [-0.25, -0.2) is 0 Å². The lowest BCUT2D eigenvalue weighted by Crippen LogP contribution is -2.27. The minimum absolute atomic E-state index is 0.481. The van der Waals surface area contributed by atoms with Crippen LogP contribution in [0, 0.1) is 5.92 Å². The van der Waals surface area contributed by atoms with Crippen molar-refractivity contribution in [2.24, 2.45) is 5.92 Å². The van der Waals surface area contributed by atoms with Crippen molar-refractivity contribution < 1.29 is 14.1 Å². The summed E-state index contributed by atoms with van der Waals surface area (Å²) >= 11 is 0. The first-order chi connectivity index (χ1) is 6.99. The summed E-state index contributed by atoms with van der Waals surface area (Å²) in [6.07, 6.45) is 3.16. The maximum atomic E-state index is 11.7. The Morgan fingerprint density at radius 1 is 1.33 bits per heavy atom. The van der Waals surface area contributed by atoms with Gasteiger partial charge in [0.2, 0.25) is 0 Å². The molecule has 90 valence electrons. The Hall–Kier alpha value is -0.380. The van der Waals surface area contributed by atoms with E-state index in [0.29, 0.717) is 18.1 Å². The first-order valence-corrected chi connectivity index (χ1v) is 6.97. The minimum Gasteiger partial charge on any atom is -0.480 e. The third-order valence-corrected chi connectivity index (χ3v) is 4.02. The Labute approximate surface area is 94.7 Å². The average Bonchev–Trinajstić information content (AvgIpc) is 2.14. The molecule has 2 atom stereocenters. The predicted molar refractivity (Wildman–Crippen MR) is 63.4 cm³/mol. The number of hydrogen-bond acceptors (Lipinski definition) is 2. The molecule has 0 aliphatic carbocycles. The number of carboxylic acid groups (broad SMARTS) is 1. The quantitative estimate of drug-likeness (QED) is 0.701. The molecule has 0 aliphatic rings. The Morgan fingerprint density at radius 2 is 1.93 bits per heavy atom. The Kier molecular flexibility index (Phi) is 7.65. The molecule has 0 saturated carbocycles. The molecular formula is C11H22O3S. The van der Waals surface area contributed by atoms with E-state index < -0.39 is 22.0 Å². The van der Waals surface area contributed by atoms with Crippen LogP contribution in [0.2, 0.25) is 0 Å². The zero-order valence-electron chi connectivity index (χ0n) is 9.86. The van der Waals surface area contributed by atoms with Gasteiger partial charge in [0.1, 0.15) is 5.25 Å². The molecule has 0 aromatic rings. The van der Waals surface area contributed by atoms with Gasteiger partial charge in [-0.15, -0.1) is 0 Å². The molecule has 0 rings (SSSR count). The number of rotatable bonds is 8. The standard InChI is InChI=1S/C11H22O3S/c1-4-5-6-10(11(12)13)15(14)8-7-9(2)3/h9-10H,4-8H2,1-3H3,(H,12,13). The Balaban J connectivity index is 4.11. The van der Waals surface area contributed by atoms with Crippen LogP contribution in [0.3, 0.4) is 0 Å². The van der Waals surface area contributed by atoms with Gasteiger partial charge in [0.15, 0.2) is 0 Å². The topological polar surface area (TPSA) is 54.4 Å². The largest absolute Gasteiger partial charge is 0.480 e. The van der Waals surface area contributed by atoms with Gasteiger partial charge < -0.3 is 5.11 Å². The summed E-state index contributed by atoms with van der Waals surface area (Å²) in [6, 6.07) is 0. The Bertz CT molecular complexity index is 214. The molecule has 0 spiro atoms. The van der Waals surface area contributed by atoms with Crippen LogP contribution >= 0.6 is 0 Å². The summed E-state index contributed by atoms with van der Waals surface area (Å²) in [5, 5.41) is 8.28. The van der Waals surface area contributed by atoms with E-state index in [2.05, 4.69) is 13.8 Å². The summed E-state index contributed by atoms with van der Waals surface area (Å²) < 4.78 is 11.7. The van der Waals surface area contributed by atoms with Crippen molar-refractivity contribution in [1.29, 1.82) is 0 Å². The van der Waals surface area contributed by atoms with Gasteiger partial charge >= 0.3 is 5.97 Å². The van der Waals surface area contributed by atoms with Crippen molar-refractivity contribution in [2.75, 3.05) is 5.75 Å². The fourth-order valence-electron chi connectivity index (χ4n) is 1.25. The predicted octanol–water partition coefficient (Wildman–Crippen LogP) is 2.42. The van der Waals surface area contributed by atoms with Gasteiger partial charge in [0.25, 0.3) is 0 Å². The van der Waals surface area contributed by atoms with E-state index in [0.717, 1.165) is 19.3 Å². The lowest BCUT2D eigenvalue weighted by Gasteiger charge is -2.12. The van der Waals surface area contributed by atoms with E-state index in [4.69, 9.17) is 5.11 Å². The molecule has 0 aliphatic heterocycles. The summed E-state index contributed by atoms with van der Waals surface area (Å²) in [5.41, 5.74) is 0. The van der Waals surface area contributed by atoms with Gasteiger partial charge in [0.05, 0.1) is 0 Å². The van der Waals surface area contributed by atoms with E-state index in [9.17, 15) is 9.00 Å². The van der Waals surface area contributed by atoms with Crippen molar-refractivity contribution in [1.82, 2.24) is 0 Å². The van der Waals surface area contributed by atoms with Gasteiger partial charge in [-0.2, -0.15) is 0 Å². The highest BCUT2D eigenvalue weighted by atomic mass is 32.2. The summed E-state index contributed by atoms with van der Waals surface area (Å²) in [7, 11) is -1.21. The molecule has 0 aromatic carbocycles. The van der Waals surface area contributed by atoms with Crippen LogP contribution in [0.15, 0.2) is 0 Å². The summed E-state index contributed by atoms with van der Waals surface area (Å²) in [6.45, 7) is 6.12. The van der Waals surface area contributed by atoms with E-state index in [1.807, 2.05) is 6.92 Å². The zero-order chi connectivity index (χ0) is 11.8. The fraction of sp³-hybridized carbons (Fsp3) is 0.909. The Morgan fingerprint density at radius 3 is 2.33 bits per heavy atom. The number of hydrogen-bond donors (Lipinski definition) is 1. The van der Waals surface area contributed by atoms with E-state index >= 15 is 0 Å². The lowest BCUT2D eigenvalue weighted by atomic mass is 10.2. The maximum absolute atomic E-state index is 11.7. The van der Waals surface area contributed by atoms with Gasteiger partial charge in [-0.05, 0) is 18.8 Å². The number of aliphatic carboxylic acids is 1. The van der Waals surface area contributed by atoms with Gasteiger partial charge in [-0.1, -0.05) is 33.6 Å². The van der Waals surface area contributed by atoms with Crippen LogP contribution in [0.5, 0.6) is 0 Å². The highest BCUT2D eigenvalue weighted by Crippen LogP contribution is 2.11. The molecular weight excluding hydrogens is 212 g/mol. The monoisotopic (exact) mass is 234 g/mol. The molecule has 2 unspecified atom stereocenters. The average molecular weight is 234 g/mol. The summed E-state index contributed by atoms with van der Waals surface area (Å²) in [4.78, 5) is 10.9. The van der Waals surface area contributed by atoms with Gasteiger partial charge in [-0.3, -0.25) is 9.00 Å². The number of carboxylic acids is 1. The minimum atomic E-state index is -1.21. The third-order valence-electron chi connectivity index (χ3n) is 2.31. The number of carbonyl (C=O) groups is 1. The third kappa shape index (κ3) is 6.66. The van der Waals surface area contributed by atoms with Crippen molar-refractivity contribution in [3.05, 3.63) is 0 Å². The molecule has 0 amide bonds. The van der Waals surface area contributed by atoms with Crippen molar-refractivity contribution in [2.45, 2.75) is 51.7 Å². The van der Waals surface area contributed by atoms with Crippen molar-refractivity contribution >= 4 is 16.8 Å². The number of unbranched alkanes of at least 4 members (excludes halogenated alkanes) is 1. The van der Waals surface area contributed by atoms with Crippen LogP contribution in [-0.4, -0.2) is 26.3 Å². The highest BCUT2D eigenvalue weighted by Gasteiger charge is 2.23.